The zero-order chi connectivity index (χ0) is 19.1. The molecular formula is C20H31N5O. The molecule has 0 aliphatic carbocycles. The van der Waals surface area contributed by atoms with Crippen LogP contribution in [0.3, 0.4) is 0 Å². The SMILES string of the molecule is CN=C(NCC(C)Cn1nc(C)cc1C)N(C)Cc1ccc(OC)cc1. The van der Waals surface area contributed by atoms with Gasteiger partial charge in [0.25, 0.3) is 0 Å². The van der Waals surface area contributed by atoms with Gasteiger partial charge in [-0.15, -0.1) is 0 Å². The third kappa shape index (κ3) is 5.51. The standard InChI is InChI=1S/C20H31N5O/c1-15(13-25-17(3)11-16(2)23-25)12-22-20(21-4)24(5)14-18-7-9-19(26-6)10-8-18/h7-11,15H,12-14H2,1-6H3,(H,21,22). The van der Waals surface area contributed by atoms with Crippen molar-refractivity contribution in [3.8, 4) is 5.75 Å². The first kappa shape index (κ1) is 19.8. The number of nitrogens with one attached hydrogen (secondary N) is 1. The van der Waals surface area contributed by atoms with Crippen LogP contribution in [0, 0.1) is 19.8 Å². The summed E-state index contributed by atoms with van der Waals surface area (Å²) in [6.45, 7) is 8.88. The number of hydrogen-bond donors (Lipinski definition) is 1. The summed E-state index contributed by atoms with van der Waals surface area (Å²) in [4.78, 5) is 6.53. The van der Waals surface area contributed by atoms with Crippen LogP contribution in [0.5, 0.6) is 5.75 Å². The van der Waals surface area contributed by atoms with Crippen LogP contribution in [0.2, 0.25) is 0 Å². The lowest BCUT2D eigenvalue weighted by molar-refractivity contribution is 0.412. The minimum Gasteiger partial charge on any atom is -0.497 e. The second-order valence-electron chi connectivity index (χ2n) is 6.85. The Balaban J connectivity index is 1.86. The van der Waals surface area contributed by atoms with Gasteiger partial charge in [0, 0.05) is 39.4 Å². The Kier molecular flexibility index (Phi) is 7.06. The number of nitrogens with zero attached hydrogens (tertiary/aromatic N) is 4. The Morgan fingerprint density at radius 2 is 2.00 bits per heavy atom. The minimum absolute atomic E-state index is 0.444. The third-order valence-corrected chi connectivity index (χ3v) is 4.35. The number of aliphatic imine (C=N–C) groups is 1. The highest BCUT2D eigenvalue weighted by Gasteiger charge is 2.11. The molecule has 0 bridgehead atoms. The fourth-order valence-electron chi connectivity index (χ4n) is 2.95. The van der Waals surface area contributed by atoms with Crippen molar-refractivity contribution in [3.05, 3.63) is 47.3 Å². The second-order valence-corrected chi connectivity index (χ2v) is 6.85. The van der Waals surface area contributed by atoms with Crippen molar-refractivity contribution in [2.45, 2.75) is 33.9 Å². The molecule has 26 heavy (non-hydrogen) atoms. The molecule has 1 aromatic carbocycles. The summed E-state index contributed by atoms with van der Waals surface area (Å²) in [5.41, 5.74) is 3.49. The zero-order valence-electron chi connectivity index (χ0n) is 16.8. The summed E-state index contributed by atoms with van der Waals surface area (Å²) >= 11 is 0. The second kappa shape index (κ2) is 9.27. The van der Waals surface area contributed by atoms with E-state index in [4.69, 9.17) is 4.74 Å². The fourth-order valence-corrected chi connectivity index (χ4v) is 2.95. The average Bonchev–Trinajstić information content (AvgIpc) is 2.93. The predicted octanol–water partition coefficient (Wildman–Crippen LogP) is 2.85. The molecule has 0 saturated carbocycles. The molecule has 1 aromatic heterocycles. The summed E-state index contributed by atoms with van der Waals surface area (Å²) in [6.07, 6.45) is 0. The van der Waals surface area contributed by atoms with E-state index in [1.807, 2.05) is 33.2 Å². The van der Waals surface area contributed by atoms with Crippen molar-refractivity contribution >= 4 is 5.96 Å². The van der Waals surface area contributed by atoms with Gasteiger partial charge in [0.1, 0.15) is 5.75 Å². The molecule has 6 nitrogen and oxygen atoms in total. The number of guanidine groups is 1. The van der Waals surface area contributed by atoms with Gasteiger partial charge in [0.2, 0.25) is 0 Å². The summed E-state index contributed by atoms with van der Waals surface area (Å²) in [6, 6.07) is 10.2. The molecule has 1 atom stereocenters. The van der Waals surface area contributed by atoms with E-state index < -0.39 is 0 Å². The van der Waals surface area contributed by atoms with E-state index in [0.717, 1.165) is 37.0 Å². The first-order valence-corrected chi connectivity index (χ1v) is 8.98. The molecule has 6 heteroatoms. The first-order chi connectivity index (χ1) is 12.4. The van der Waals surface area contributed by atoms with Gasteiger partial charge in [-0.1, -0.05) is 19.1 Å². The molecule has 1 heterocycles. The Hall–Kier alpha value is -2.50. The molecule has 1 N–H and O–H groups in total. The number of aromatic nitrogens is 2. The zero-order valence-corrected chi connectivity index (χ0v) is 16.8. The molecule has 2 rings (SSSR count). The Morgan fingerprint density at radius 1 is 1.31 bits per heavy atom. The van der Waals surface area contributed by atoms with E-state index in [1.54, 1.807) is 7.11 Å². The van der Waals surface area contributed by atoms with Crippen LogP contribution in [-0.4, -0.2) is 48.4 Å². The molecule has 2 aromatic rings. The van der Waals surface area contributed by atoms with E-state index >= 15 is 0 Å². The maximum Gasteiger partial charge on any atom is 0.193 e. The van der Waals surface area contributed by atoms with Crippen molar-refractivity contribution < 1.29 is 4.74 Å². The number of aryl methyl sites for hydroxylation is 2. The van der Waals surface area contributed by atoms with Crippen molar-refractivity contribution in [1.82, 2.24) is 20.0 Å². The normalized spacial score (nSPS) is 12.8. The molecular weight excluding hydrogens is 326 g/mol. The van der Waals surface area contributed by atoms with E-state index in [0.29, 0.717) is 5.92 Å². The van der Waals surface area contributed by atoms with Crippen molar-refractivity contribution in [1.29, 1.82) is 0 Å². The van der Waals surface area contributed by atoms with E-state index in [9.17, 15) is 0 Å². The molecule has 0 radical (unpaired) electrons. The highest BCUT2D eigenvalue weighted by atomic mass is 16.5. The lowest BCUT2D eigenvalue weighted by Gasteiger charge is -2.24. The third-order valence-electron chi connectivity index (χ3n) is 4.35. The lowest BCUT2D eigenvalue weighted by Crippen LogP contribution is -2.40. The van der Waals surface area contributed by atoms with Gasteiger partial charge in [0.05, 0.1) is 12.8 Å². The highest BCUT2D eigenvalue weighted by molar-refractivity contribution is 5.79. The number of rotatable bonds is 7. The molecule has 0 fully saturated rings. The van der Waals surface area contributed by atoms with Crippen molar-refractivity contribution in [2.24, 2.45) is 10.9 Å². The van der Waals surface area contributed by atoms with Crippen molar-refractivity contribution in [2.75, 3.05) is 27.7 Å². The van der Waals surface area contributed by atoms with Gasteiger partial charge in [0.15, 0.2) is 5.96 Å². The van der Waals surface area contributed by atoms with E-state index in [2.05, 4.69) is 57.0 Å². The molecule has 0 spiro atoms. The van der Waals surface area contributed by atoms with Crippen LogP contribution in [-0.2, 0) is 13.1 Å². The Labute approximate surface area is 156 Å². The maximum atomic E-state index is 5.21. The van der Waals surface area contributed by atoms with Gasteiger partial charge < -0.3 is 15.0 Å². The number of hydrogen-bond acceptors (Lipinski definition) is 3. The topological polar surface area (TPSA) is 54.7 Å². The first-order valence-electron chi connectivity index (χ1n) is 8.98. The largest absolute Gasteiger partial charge is 0.497 e. The summed E-state index contributed by atoms with van der Waals surface area (Å²) in [7, 11) is 5.55. The Morgan fingerprint density at radius 3 is 2.54 bits per heavy atom. The molecule has 0 aliphatic heterocycles. The number of benzene rings is 1. The van der Waals surface area contributed by atoms with Gasteiger partial charge in [-0.25, -0.2) is 0 Å². The van der Waals surface area contributed by atoms with Gasteiger partial charge in [-0.2, -0.15) is 5.10 Å². The predicted molar refractivity (Wildman–Crippen MR) is 107 cm³/mol. The van der Waals surface area contributed by atoms with E-state index in [-0.39, 0.29) is 0 Å². The molecule has 0 aliphatic rings. The molecule has 0 amide bonds. The summed E-state index contributed by atoms with van der Waals surface area (Å²) in [5.74, 6) is 2.21. The number of ether oxygens (including phenoxy) is 1. The summed E-state index contributed by atoms with van der Waals surface area (Å²) < 4.78 is 7.28. The number of methoxy groups -OCH3 is 1. The molecule has 0 saturated heterocycles. The molecule has 1 unspecified atom stereocenters. The molecule has 142 valence electrons. The Bertz CT molecular complexity index is 720. The minimum atomic E-state index is 0.444. The van der Waals surface area contributed by atoms with Gasteiger partial charge in [-0.05, 0) is 43.5 Å². The maximum absolute atomic E-state index is 5.21. The van der Waals surface area contributed by atoms with Crippen LogP contribution in [0.4, 0.5) is 0 Å². The quantitative estimate of drug-likeness (QED) is 0.611. The van der Waals surface area contributed by atoms with Crippen LogP contribution in [0.1, 0.15) is 23.9 Å². The van der Waals surface area contributed by atoms with Crippen LogP contribution >= 0.6 is 0 Å². The van der Waals surface area contributed by atoms with Crippen LogP contribution < -0.4 is 10.1 Å². The highest BCUT2D eigenvalue weighted by Crippen LogP contribution is 2.12. The fraction of sp³-hybridized carbons (Fsp3) is 0.500. The average molecular weight is 358 g/mol. The van der Waals surface area contributed by atoms with Crippen LogP contribution in [0.25, 0.3) is 0 Å². The van der Waals surface area contributed by atoms with E-state index in [1.165, 1.54) is 11.3 Å². The van der Waals surface area contributed by atoms with Gasteiger partial charge >= 0.3 is 0 Å². The van der Waals surface area contributed by atoms with Gasteiger partial charge in [-0.3, -0.25) is 9.67 Å². The monoisotopic (exact) mass is 357 g/mol. The van der Waals surface area contributed by atoms with Crippen LogP contribution in [0.15, 0.2) is 35.3 Å². The smallest absolute Gasteiger partial charge is 0.193 e. The lowest BCUT2D eigenvalue weighted by atomic mass is 10.2. The van der Waals surface area contributed by atoms with Crippen molar-refractivity contribution in [3.63, 3.8) is 0 Å². The summed E-state index contributed by atoms with van der Waals surface area (Å²) in [5, 5.41) is 8.01.